The van der Waals surface area contributed by atoms with Crippen LogP contribution in [0.4, 0.5) is 0 Å². The van der Waals surface area contributed by atoms with Crippen molar-refractivity contribution >= 4 is 63.0 Å². The van der Waals surface area contributed by atoms with Crippen molar-refractivity contribution in [1.82, 2.24) is 15.0 Å². The van der Waals surface area contributed by atoms with Gasteiger partial charge < -0.3 is 0 Å². The molecule has 0 saturated heterocycles. The van der Waals surface area contributed by atoms with Gasteiger partial charge in [-0.25, -0.2) is 15.0 Å². The first-order valence-corrected chi connectivity index (χ1v) is 20.3. The second-order valence-electron chi connectivity index (χ2n) is 14.0. The Morgan fingerprint density at radius 1 is 0.268 bits per heavy atom. The summed E-state index contributed by atoms with van der Waals surface area (Å²) in [6, 6.07) is 66.9. The summed E-state index contributed by atoms with van der Waals surface area (Å²) >= 11 is 3.68. The summed E-state index contributed by atoms with van der Waals surface area (Å²) in [4.78, 5) is 15.1. The third kappa shape index (κ3) is 5.77. The zero-order chi connectivity index (χ0) is 37.0. The van der Waals surface area contributed by atoms with E-state index < -0.39 is 0 Å². The van der Waals surface area contributed by atoms with Gasteiger partial charge in [0.25, 0.3) is 0 Å². The highest BCUT2D eigenvalue weighted by Gasteiger charge is 2.17. The molecule has 5 heteroatoms. The van der Waals surface area contributed by atoms with Crippen LogP contribution in [-0.2, 0) is 0 Å². The zero-order valence-corrected chi connectivity index (χ0v) is 31.7. The van der Waals surface area contributed by atoms with Gasteiger partial charge in [-0.05, 0) is 69.8 Å². The smallest absolute Gasteiger partial charge is 0.164 e. The molecular formula is C51H31N3S2. The highest BCUT2D eigenvalue weighted by atomic mass is 32.1. The molecular weight excluding hydrogens is 719 g/mol. The van der Waals surface area contributed by atoms with E-state index in [1.54, 1.807) is 0 Å². The van der Waals surface area contributed by atoms with E-state index in [1.807, 2.05) is 46.9 Å². The van der Waals surface area contributed by atoms with E-state index in [-0.39, 0.29) is 0 Å². The number of aromatic nitrogens is 3. The molecule has 0 fully saturated rings. The Bertz CT molecular complexity index is 3220. The predicted molar refractivity (Wildman–Crippen MR) is 238 cm³/mol. The molecule has 56 heavy (non-hydrogen) atoms. The van der Waals surface area contributed by atoms with Crippen molar-refractivity contribution in [3.63, 3.8) is 0 Å². The van der Waals surface area contributed by atoms with Gasteiger partial charge in [0.05, 0.1) is 0 Å². The molecule has 3 nitrogen and oxygen atoms in total. The fraction of sp³-hybridized carbons (Fsp3) is 0. The van der Waals surface area contributed by atoms with Crippen molar-refractivity contribution in [2.24, 2.45) is 0 Å². The quantitative estimate of drug-likeness (QED) is 0.170. The number of nitrogens with zero attached hydrogens (tertiary/aromatic N) is 3. The number of rotatable bonds is 6. The van der Waals surface area contributed by atoms with Crippen LogP contribution in [0.3, 0.4) is 0 Å². The molecule has 0 amide bonds. The predicted octanol–water partition coefficient (Wildman–Crippen LogP) is 14.6. The van der Waals surface area contributed by atoms with Gasteiger partial charge in [-0.3, -0.25) is 0 Å². The van der Waals surface area contributed by atoms with Crippen LogP contribution in [0, 0.1) is 0 Å². The monoisotopic (exact) mass is 749 g/mol. The maximum absolute atomic E-state index is 5.07. The molecule has 0 saturated carbocycles. The van der Waals surface area contributed by atoms with Gasteiger partial charge in [0.1, 0.15) is 0 Å². The standard InChI is InChI=1S/C51H31N3S2/c1-4-12-32(13-5-1)33-20-22-36(23-21-33)50-52-49(35-16-8-3-9-17-35)53-51(54-50)38-24-26-40-43-28-37(25-27-45(43)55-46(40)30-38)39-29-42(34-14-6-2-7-15-34)48-41-18-10-11-19-44(41)56-47(48)31-39/h1-31H. The van der Waals surface area contributed by atoms with E-state index in [1.165, 1.54) is 68.2 Å². The summed E-state index contributed by atoms with van der Waals surface area (Å²) < 4.78 is 5.08. The SMILES string of the molecule is c1ccc(-c2ccc(-c3nc(-c4ccccc4)nc(-c4ccc5c(c4)sc4ccc(-c6cc(-c7ccccc7)c7c(c6)sc6ccccc67)cc45)n3)cc2)cc1. The highest BCUT2D eigenvalue weighted by Crippen LogP contribution is 2.44. The minimum atomic E-state index is 0.653. The Hall–Kier alpha value is -6.79. The van der Waals surface area contributed by atoms with Crippen molar-refractivity contribution in [3.05, 3.63) is 188 Å². The van der Waals surface area contributed by atoms with Crippen molar-refractivity contribution in [1.29, 1.82) is 0 Å². The fourth-order valence-electron chi connectivity index (χ4n) is 7.76. The Kier molecular flexibility index (Phi) is 7.87. The van der Waals surface area contributed by atoms with Gasteiger partial charge in [-0.1, -0.05) is 152 Å². The molecule has 0 atom stereocenters. The van der Waals surface area contributed by atoms with Gasteiger partial charge in [0, 0.05) is 57.0 Å². The molecule has 11 aromatic rings. The molecule has 0 radical (unpaired) electrons. The largest absolute Gasteiger partial charge is 0.208 e. The highest BCUT2D eigenvalue weighted by molar-refractivity contribution is 7.26. The van der Waals surface area contributed by atoms with Gasteiger partial charge in [-0.2, -0.15) is 0 Å². The summed E-state index contributed by atoms with van der Waals surface area (Å²) in [5.74, 6) is 1.97. The lowest BCUT2D eigenvalue weighted by Gasteiger charge is -2.10. The lowest BCUT2D eigenvalue weighted by molar-refractivity contribution is 1.07. The topological polar surface area (TPSA) is 38.7 Å². The van der Waals surface area contributed by atoms with Crippen LogP contribution in [-0.4, -0.2) is 15.0 Å². The van der Waals surface area contributed by atoms with Crippen LogP contribution >= 0.6 is 22.7 Å². The van der Waals surface area contributed by atoms with Gasteiger partial charge in [-0.15, -0.1) is 22.7 Å². The van der Waals surface area contributed by atoms with E-state index in [0.717, 1.165) is 22.3 Å². The third-order valence-electron chi connectivity index (χ3n) is 10.5. The Morgan fingerprint density at radius 3 is 1.50 bits per heavy atom. The van der Waals surface area contributed by atoms with Gasteiger partial charge in [0.2, 0.25) is 0 Å². The average Bonchev–Trinajstić information content (AvgIpc) is 3.84. The van der Waals surface area contributed by atoms with E-state index in [9.17, 15) is 0 Å². The van der Waals surface area contributed by atoms with Gasteiger partial charge in [0.15, 0.2) is 17.5 Å². The van der Waals surface area contributed by atoms with Crippen LogP contribution in [0.5, 0.6) is 0 Å². The Labute approximate surface area is 331 Å². The number of hydrogen-bond donors (Lipinski definition) is 0. The van der Waals surface area contributed by atoms with Crippen LogP contribution in [0.1, 0.15) is 0 Å². The number of fused-ring (bicyclic) bond motifs is 6. The first-order chi connectivity index (χ1) is 27.7. The lowest BCUT2D eigenvalue weighted by atomic mass is 9.94. The number of hydrogen-bond acceptors (Lipinski definition) is 5. The molecule has 11 rings (SSSR count). The van der Waals surface area contributed by atoms with E-state index in [4.69, 9.17) is 15.0 Å². The van der Waals surface area contributed by atoms with Gasteiger partial charge >= 0.3 is 0 Å². The summed E-state index contributed by atoms with van der Waals surface area (Å²) in [5, 5.41) is 5.13. The fourth-order valence-corrected chi connectivity index (χ4v) is 10.1. The van der Waals surface area contributed by atoms with Crippen molar-refractivity contribution < 1.29 is 0 Å². The van der Waals surface area contributed by atoms with Crippen LogP contribution < -0.4 is 0 Å². The van der Waals surface area contributed by atoms with E-state index in [2.05, 4.69) is 164 Å². The van der Waals surface area contributed by atoms with Crippen LogP contribution in [0.15, 0.2) is 188 Å². The van der Waals surface area contributed by atoms with Crippen LogP contribution in [0.25, 0.3) is 108 Å². The van der Waals surface area contributed by atoms with Crippen LogP contribution in [0.2, 0.25) is 0 Å². The van der Waals surface area contributed by atoms with E-state index >= 15 is 0 Å². The molecule has 0 unspecified atom stereocenters. The summed E-state index contributed by atoms with van der Waals surface area (Å²) in [6.07, 6.45) is 0. The van der Waals surface area contributed by atoms with Crippen molar-refractivity contribution in [2.45, 2.75) is 0 Å². The summed E-state index contributed by atoms with van der Waals surface area (Å²) in [5.41, 5.74) is 10.2. The molecule has 0 aliphatic heterocycles. The Balaban J connectivity index is 1.01. The van der Waals surface area contributed by atoms with E-state index in [0.29, 0.717) is 17.5 Å². The van der Waals surface area contributed by atoms with Crippen molar-refractivity contribution in [3.8, 4) is 67.5 Å². The number of benzene rings is 8. The molecule has 3 aromatic heterocycles. The molecule has 3 heterocycles. The number of thiophene rings is 2. The van der Waals surface area contributed by atoms with Crippen molar-refractivity contribution in [2.75, 3.05) is 0 Å². The summed E-state index contributed by atoms with van der Waals surface area (Å²) in [7, 11) is 0. The maximum atomic E-state index is 5.07. The zero-order valence-electron chi connectivity index (χ0n) is 30.1. The second kappa shape index (κ2) is 13.5. The lowest BCUT2D eigenvalue weighted by Crippen LogP contribution is -2.00. The average molecular weight is 750 g/mol. The molecule has 8 aromatic carbocycles. The Morgan fingerprint density at radius 2 is 0.768 bits per heavy atom. The molecule has 0 aliphatic rings. The second-order valence-corrected chi connectivity index (χ2v) is 16.2. The molecule has 0 aliphatic carbocycles. The molecule has 262 valence electrons. The normalized spacial score (nSPS) is 11.6. The first-order valence-electron chi connectivity index (χ1n) is 18.7. The molecule has 0 spiro atoms. The first kappa shape index (κ1) is 32.6. The molecule has 0 N–H and O–H groups in total. The third-order valence-corrected chi connectivity index (χ3v) is 12.8. The summed E-state index contributed by atoms with van der Waals surface area (Å²) in [6.45, 7) is 0. The maximum Gasteiger partial charge on any atom is 0.164 e. The molecule has 0 bridgehead atoms. The minimum absolute atomic E-state index is 0.653. The minimum Gasteiger partial charge on any atom is -0.208 e.